The minimum atomic E-state index is 0.293. The SMILES string of the molecule is CN1CCN(c2nc(Nc3ncc(Br)s3)nc(Sc3ccc(CC(=O)C4CC4)cc3)n2)CC1. The van der Waals surface area contributed by atoms with Crippen molar-refractivity contribution in [1.82, 2.24) is 24.8 Å². The third-order valence-electron chi connectivity index (χ3n) is 5.63. The number of hydrogen-bond acceptors (Lipinski definition) is 10. The number of aromatic nitrogens is 4. The number of halogens is 1. The van der Waals surface area contributed by atoms with Crippen molar-refractivity contribution >= 4 is 61.8 Å². The van der Waals surface area contributed by atoms with Gasteiger partial charge in [0.15, 0.2) is 10.3 Å². The Kier molecular flexibility index (Phi) is 6.91. The molecule has 0 unspecified atom stereocenters. The Morgan fingerprint density at radius 2 is 1.91 bits per heavy atom. The van der Waals surface area contributed by atoms with Crippen LogP contribution in [0.4, 0.5) is 17.0 Å². The predicted octanol–water partition coefficient (Wildman–Crippen LogP) is 4.26. The number of carbonyl (C=O) groups is 1. The molecule has 1 saturated carbocycles. The molecule has 11 heteroatoms. The summed E-state index contributed by atoms with van der Waals surface area (Å²) in [6.07, 6.45) is 4.37. The predicted molar refractivity (Wildman–Crippen MR) is 135 cm³/mol. The molecule has 2 aromatic heterocycles. The van der Waals surface area contributed by atoms with Gasteiger partial charge in [-0.3, -0.25) is 10.1 Å². The Morgan fingerprint density at radius 3 is 2.58 bits per heavy atom. The molecule has 1 aromatic carbocycles. The third kappa shape index (κ3) is 6.08. The fraction of sp³-hybridized carbons (Fsp3) is 0.409. The molecule has 0 amide bonds. The molecular formula is C22H24BrN7OS2. The molecule has 0 radical (unpaired) electrons. The number of thiazole rings is 1. The number of benzene rings is 1. The van der Waals surface area contributed by atoms with E-state index in [-0.39, 0.29) is 0 Å². The highest BCUT2D eigenvalue weighted by Gasteiger charge is 2.29. The minimum Gasteiger partial charge on any atom is -0.338 e. The van der Waals surface area contributed by atoms with E-state index in [1.165, 1.54) is 23.1 Å². The molecule has 172 valence electrons. The number of hydrogen-bond donors (Lipinski definition) is 1. The Morgan fingerprint density at radius 1 is 1.15 bits per heavy atom. The fourth-order valence-electron chi connectivity index (χ4n) is 3.53. The molecule has 8 nitrogen and oxygen atoms in total. The van der Waals surface area contributed by atoms with Crippen LogP contribution in [0.2, 0.25) is 0 Å². The summed E-state index contributed by atoms with van der Waals surface area (Å²) in [6.45, 7) is 3.68. The second-order valence-electron chi connectivity index (χ2n) is 8.29. The molecule has 0 bridgehead atoms. The van der Waals surface area contributed by atoms with Gasteiger partial charge in [0.05, 0.1) is 9.98 Å². The van der Waals surface area contributed by atoms with E-state index in [1.54, 1.807) is 6.20 Å². The molecule has 1 saturated heterocycles. The summed E-state index contributed by atoms with van der Waals surface area (Å²) in [5.41, 5.74) is 1.06. The zero-order chi connectivity index (χ0) is 22.8. The van der Waals surface area contributed by atoms with Crippen LogP contribution in [0.5, 0.6) is 0 Å². The van der Waals surface area contributed by atoms with Crippen LogP contribution in [0.1, 0.15) is 18.4 Å². The number of rotatable bonds is 8. The van der Waals surface area contributed by atoms with Crippen molar-refractivity contribution in [2.75, 3.05) is 43.4 Å². The maximum absolute atomic E-state index is 12.1. The van der Waals surface area contributed by atoms with E-state index < -0.39 is 0 Å². The average Bonchev–Trinajstić information content (AvgIpc) is 3.58. The number of Topliss-reactive ketones (excluding diaryl/α,β-unsaturated/α-hetero) is 1. The largest absolute Gasteiger partial charge is 0.338 e. The summed E-state index contributed by atoms with van der Waals surface area (Å²) in [6, 6.07) is 8.12. The van der Waals surface area contributed by atoms with Crippen LogP contribution >= 0.6 is 39.0 Å². The van der Waals surface area contributed by atoms with Crippen molar-refractivity contribution in [2.24, 2.45) is 5.92 Å². The van der Waals surface area contributed by atoms with Crippen LogP contribution in [0, 0.1) is 5.92 Å². The number of carbonyl (C=O) groups excluding carboxylic acids is 1. The molecule has 5 rings (SSSR count). The lowest BCUT2D eigenvalue weighted by atomic mass is 10.1. The van der Waals surface area contributed by atoms with Gasteiger partial charge in [0, 0.05) is 43.4 Å². The zero-order valence-corrected chi connectivity index (χ0v) is 21.4. The Bertz CT molecular complexity index is 1130. The van der Waals surface area contributed by atoms with E-state index in [2.05, 4.69) is 53.0 Å². The number of nitrogens with zero attached hydrogens (tertiary/aromatic N) is 6. The van der Waals surface area contributed by atoms with Crippen LogP contribution in [0.15, 0.2) is 44.3 Å². The number of piperazine rings is 1. The maximum Gasteiger partial charge on any atom is 0.234 e. The summed E-state index contributed by atoms with van der Waals surface area (Å²) < 4.78 is 0.938. The first kappa shape index (κ1) is 22.7. The second-order valence-corrected chi connectivity index (χ2v) is 11.7. The third-order valence-corrected chi connectivity index (χ3v) is 7.89. The number of nitrogens with one attached hydrogen (secondary N) is 1. The van der Waals surface area contributed by atoms with Gasteiger partial charge in [-0.05, 0) is 65.3 Å². The minimum absolute atomic E-state index is 0.293. The van der Waals surface area contributed by atoms with Crippen molar-refractivity contribution in [3.05, 3.63) is 39.8 Å². The van der Waals surface area contributed by atoms with Gasteiger partial charge in [-0.2, -0.15) is 15.0 Å². The van der Waals surface area contributed by atoms with Gasteiger partial charge in [0.1, 0.15) is 5.78 Å². The van der Waals surface area contributed by atoms with E-state index >= 15 is 0 Å². The highest BCUT2D eigenvalue weighted by molar-refractivity contribution is 9.11. The Labute approximate surface area is 209 Å². The summed E-state index contributed by atoms with van der Waals surface area (Å²) in [5, 5.41) is 4.56. The fourth-order valence-corrected chi connectivity index (χ4v) is 5.38. The first-order valence-electron chi connectivity index (χ1n) is 10.9. The van der Waals surface area contributed by atoms with Crippen LogP contribution in [-0.4, -0.2) is 63.8 Å². The highest BCUT2D eigenvalue weighted by atomic mass is 79.9. The molecule has 2 fully saturated rings. The quantitative estimate of drug-likeness (QED) is 0.446. The van der Waals surface area contributed by atoms with E-state index in [0.717, 1.165) is 58.4 Å². The molecule has 0 spiro atoms. The molecule has 2 aliphatic rings. The average molecular weight is 547 g/mol. The molecule has 1 N–H and O–H groups in total. The van der Waals surface area contributed by atoms with Crippen LogP contribution in [-0.2, 0) is 11.2 Å². The normalized spacial score (nSPS) is 16.7. The van der Waals surface area contributed by atoms with Crippen molar-refractivity contribution in [3.63, 3.8) is 0 Å². The van der Waals surface area contributed by atoms with Crippen LogP contribution in [0.25, 0.3) is 0 Å². The lowest BCUT2D eigenvalue weighted by Gasteiger charge is -2.32. The lowest BCUT2D eigenvalue weighted by Crippen LogP contribution is -2.45. The van der Waals surface area contributed by atoms with E-state index in [4.69, 9.17) is 4.98 Å². The van der Waals surface area contributed by atoms with Gasteiger partial charge in [0.25, 0.3) is 0 Å². The summed E-state index contributed by atoms with van der Waals surface area (Å²) in [5.74, 6) is 1.80. The summed E-state index contributed by atoms with van der Waals surface area (Å²) >= 11 is 6.42. The second kappa shape index (κ2) is 10.0. The van der Waals surface area contributed by atoms with Gasteiger partial charge in [0.2, 0.25) is 11.9 Å². The zero-order valence-electron chi connectivity index (χ0n) is 18.2. The summed E-state index contributed by atoms with van der Waals surface area (Å²) in [7, 11) is 2.13. The summed E-state index contributed by atoms with van der Waals surface area (Å²) in [4.78, 5) is 36.0. The van der Waals surface area contributed by atoms with E-state index in [0.29, 0.717) is 35.2 Å². The number of likely N-dealkylation sites (N-methyl/N-ethyl adjacent to an activating group) is 1. The first-order chi connectivity index (χ1) is 16.0. The highest BCUT2D eigenvalue weighted by Crippen LogP contribution is 2.32. The Balaban J connectivity index is 1.35. The van der Waals surface area contributed by atoms with Gasteiger partial charge in [-0.15, -0.1) is 0 Å². The Hall–Kier alpha value is -2.08. The van der Waals surface area contributed by atoms with Crippen LogP contribution in [0.3, 0.4) is 0 Å². The van der Waals surface area contributed by atoms with Crippen molar-refractivity contribution in [1.29, 1.82) is 0 Å². The molecule has 0 atom stereocenters. The standard InChI is InChI=1S/C22H24BrN7OS2/c1-29-8-10-30(11-9-29)20-25-19(26-21-24-13-18(23)33-21)27-22(28-20)32-16-6-2-14(3-7-16)12-17(31)15-4-5-15/h2-3,6-7,13,15H,4-5,8-12H2,1H3,(H,24,25,26,27,28). The van der Waals surface area contributed by atoms with E-state index in [1.807, 2.05) is 24.3 Å². The van der Waals surface area contributed by atoms with Crippen molar-refractivity contribution in [3.8, 4) is 0 Å². The molecule has 33 heavy (non-hydrogen) atoms. The smallest absolute Gasteiger partial charge is 0.234 e. The maximum atomic E-state index is 12.1. The first-order valence-corrected chi connectivity index (χ1v) is 13.3. The van der Waals surface area contributed by atoms with Crippen LogP contribution < -0.4 is 10.2 Å². The van der Waals surface area contributed by atoms with Gasteiger partial charge < -0.3 is 9.80 Å². The van der Waals surface area contributed by atoms with Crippen molar-refractivity contribution in [2.45, 2.75) is 29.3 Å². The van der Waals surface area contributed by atoms with Gasteiger partial charge in [-0.1, -0.05) is 23.5 Å². The molecule has 3 aromatic rings. The molecular weight excluding hydrogens is 522 g/mol. The van der Waals surface area contributed by atoms with Gasteiger partial charge >= 0.3 is 0 Å². The molecule has 3 heterocycles. The van der Waals surface area contributed by atoms with Gasteiger partial charge in [-0.25, -0.2) is 4.98 Å². The molecule has 1 aliphatic heterocycles. The molecule has 1 aliphatic carbocycles. The monoisotopic (exact) mass is 545 g/mol. The topological polar surface area (TPSA) is 87.1 Å². The number of anilines is 3. The lowest BCUT2D eigenvalue weighted by molar-refractivity contribution is -0.119. The number of ketones is 1. The van der Waals surface area contributed by atoms with E-state index in [9.17, 15) is 4.79 Å². The van der Waals surface area contributed by atoms with Crippen molar-refractivity contribution < 1.29 is 4.79 Å².